The molecule has 3 aliphatic carbocycles. The average molecular weight is 555 g/mol. The van der Waals surface area contributed by atoms with Crippen LogP contribution in [0.5, 0.6) is 0 Å². The summed E-state index contributed by atoms with van der Waals surface area (Å²) in [5.74, 6) is 2.03. The van der Waals surface area contributed by atoms with Crippen LogP contribution in [0.15, 0.2) is 64.6 Å². The maximum Gasteiger partial charge on any atom is 0.297 e. The lowest BCUT2D eigenvalue weighted by Crippen LogP contribution is -2.36. The summed E-state index contributed by atoms with van der Waals surface area (Å²) in [5, 5.41) is 10.1. The smallest absolute Gasteiger partial charge is 0.297 e. The fraction of sp³-hybridized carbons (Fsp3) is 0.647. The molecule has 1 N–H and O–H groups in total. The Morgan fingerprint density at radius 2 is 1.87 bits per heavy atom. The molecule has 39 heavy (non-hydrogen) atoms. The molecule has 0 heterocycles. The highest BCUT2D eigenvalue weighted by molar-refractivity contribution is 7.86. The van der Waals surface area contributed by atoms with Gasteiger partial charge in [0.1, 0.15) is 0 Å². The number of hydrogen-bond acceptors (Lipinski definition) is 4. The van der Waals surface area contributed by atoms with Crippen LogP contribution in [0.1, 0.15) is 104 Å². The molecule has 4 rings (SSSR count). The number of rotatable bonds is 9. The van der Waals surface area contributed by atoms with E-state index in [2.05, 4.69) is 32.6 Å². The molecule has 3 saturated carbocycles. The molecule has 1 aromatic carbocycles. The molecule has 5 heteroatoms. The molecule has 0 spiro atoms. The molecule has 3 aliphatic rings. The minimum absolute atomic E-state index is 0.219. The van der Waals surface area contributed by atoms with Crippen LogP contribution in [0.3, 0.4) is 0 Å². The number of fused-ring (bicyclic) bond motifs is 1. The second-order valence-corrected chi connectivity index (χ2v) is 15.1. The van der Waals surface area contributed by atoms with Gasteiger partial charge in [0, 0.05) is 6.42 Å². The second-order valence-electron chi connectivity index (χ2n) is 13.5. The summed E-state index contributed by atoms with van der Waals surface area (Å²) in [6, 6.07) is 6.85. The van der Waals surface area contributed by atoms with Crippen molar-refractivity contribution in [3.63, 3.8) is 0 Å². The molecule has 5 atom stereocenters. The molecular formula is C34H50O4S. The summed E-state index contributed by atoms with van der Waals surface area (Å²) < 4.78 is 31.5. The van der Waals surface area contributed by atoms with E-state index in [1.165, 1.54) is 32.1 Å². The molecule has 0 bridgehead atoms. The Labute approximate surface area is 237 Å². The van der Waals surface area contributed by atoms with Crippen molar-refractivity contribution < 1.29 is 17.7 Å². The van der Waals surface area contributed by atoms with E-state index in [1.54, 1.807) is 29.8 Å². The number of hydrogen-bond donors (Lipinski definition) is 1. The maximum atomic E-state index is 12.9. The molecule has 1 unspecified atom stereocenters. The van der Waals surface area contributed by atoms with Crippen molar-refractivity contribution in [3.8, 4) is 0 Å². The van der Waals surface area contributed by atoms with Crippen molar-refractivity contribution in [2.75, 3.05) is 0 Å². The van der Waals surface area contributed by atoms with Gasteiger partial charge in [0.05, 0.1) is 16.6 Å². The Balaban J connectivity index is 1.43. The summed E-state index contributed by atoms with van der Waals surface area (Å²) in [7, 11) is -3.79. The molecule has 0 amide bonds. The van der Waals surface area contributed by atoms with Crippen LogP contribution in [-0.2, 0) is 14.3 Å². The van der Waals surface area contributed by atoms with Crippen LogP contribution < -0.4 is 0 Å². The largest absolute Gasteiger partial charge is 0.390 e. The quantitative estimate of drug-likeness (QED) is 0.311. The Morgan fingerprint density at radius 1 is 1.15 bits per heavy atom. The van der Waals surface area contributed by atoms with E-state index >= 15 is 0 Å². The zero-order chi connectivity index (χ0) is 28.4. The van der Waals surface area contributed by atoms with Gasteiger partial charge in [-0.25, -0.2) is 0 Å². The molecule has 0 radical (unpaired) electrons. The second kappa shape index (κ2) is 12.0. The minimum Gasteiger partial charge on any atom is -0.390 e. The predicted molar refractivity (Wildman–Crippen MR) is 160 cm³/mol. The van der Waals surface area contributed by atoms with E-state index in [4.69, 9.17) is 4.18 Å². The molecular weight excluding hydrogens is 504 g/mol. The van der Waals surface area contributed by atoms with Gasteiger partial charge in [-0.3, -0.25) is 4.18 Å². The van der Waals surface area contributed by atoms with Crippen LogP contribution in [0.25, 0.3) is 0 Å². The lowest BCUT2D eigenvalue weighted by Gasteiger charge is -2.44. The number of aryl methyl sites for hydroxylation is 1. The Morgan fingerprint density at radius 3 is 2.56 bits per heavy atom. The van der Waals surface area contributed by atoms with Crippen molar-refractivity contribution in [1.29, 1.82) is 0 Å². The highest BCUT2D eigenvalue weighted by atomic mass is 32.2. The normalized spacial score (nSPS) is 31.0. The third kappa shape index (κ3) is 7.34. The van der Waals surface area contributed by atoms with Gasteiger partial charge in [-0.2, -0.15) is 8.42 Å². The molecule has 1 aromatic rings. The average Bonchev–Trinajstić information content (AvgIpc) is 3.21. The van der Waals surface area contributed by atoms with Crippen molar-refractivity contribution in [1.82, 2.24) is 0 Å². The Bertz CT molecular complexity index is 1180. The van der Waals surface area contributed by atoms with Crippen LogP contribution in [-0.4, -0.2) is 25.2 Å². The minimum atomic E-state index is -3.79. The van der Waals surface area contributed by atoms with Crippen LogP contribution in [0.2, 0.25) is 0 Å². The van der Waals surface area contributed by atoms with Crippen molar-refractivity contribution in [2.24, 2.45) is 23.2 Å². The first-order chi connectivity index (χ1) is 18.3. The van der Waals surface area contributed by atoms with Gasteiger partial charge >= 0.3 is 0 Å². The first kappa shape index (κ1) is 30.3. The molecule has 216 valence electrons. The van der Waals surface area contributed by atoms with Gasteiger partial charge in [0.15, 0.2) is 0 Å². The maximum absolute atomic E-state index is 12.9. The van der Waals surface area contributed by atoms with Gasteiger partial charge < -0.3 is 5.11 Å². The summed E-state index contributed by atoms with van der Waals surface area (Å²) >= 11 is 0. The van der Waals surface area contributed by atoms with E-state index in [0.29, 0.717) is 30.1 Å². The van der Waals surface area contributed by atoms with Crippen LogP contribution >= 0.6 is 0 Å². The van der Waals surface area contributed by atoms with Crippen LogP contribution in [0, 0.1) is 30.1 Å². The van der Waals surface area contributed by atoms with Gasteiger partial charge in [0.2, 0.25) is 0 Å². The van der Waals surface area contributed by atoms with E-state index in [0.717, 1.165) is 48.3 Å². The third-order valence-electron chi connectivity index (χ3n) is 9.91. The highest BCUT2D eigenvalue weighted by Crippen LogP contribution is 2.60. The molecule has 0 aliphatic heterocycles. The number of benzene rings is 1. The summed E-state index contributed by atoms with van der Waals surface area (Å²) in [4.78, 5) is 0.219. The lowest BCUT2D eigenvalue weighted by atomic mass is 9.60. The first-order valence-corrected chi connectivity index (χ1v) is 16.5. The summed E-state index contributed by atoms with van der Waals surface area (Å²) in [6.45, 7) is 15.0. The fourth-order valence-electron chi connectivity index (χ4n) is 7.67. The summed E-state index contributed by atoms with van der Waals surface area (Å²) in [5.41, 5.74) is 4.57. The Kier molecular flexibility index (Phi) is 9.35. The van der Waals surface area contributed by atoms with E-state index in [-0.39, 0.29) is 11.0 Å². The van der Waals surface area contributed by atoms with Gasteiger partial charge in [-0.15, -0.1) is 0 Å². The van der Waals surface area contributed by atoms with Crippen LogP contribution in [0.4, 0.5) is 0 Å². The van der Waals surface area contributed by atoms with Gasteiger partial charge in [-0.05, 0) is 113 Å². The topological polar surface area (TPSA) is 63.6 Å². The fourth-order valence-corrected chi connectivity index (χ4v) is 8.78. The third-order valence-corrected chi connectivity index (χ3v) is 11.3. The zero-order valence-electron chi connectivity index (χ0n) is 24.8. The zero-order valence-corrected chi connectivity index (χ0v) is 25.7. The standard InChI is InChI=1S/C34H50O4S/c1-24-11-17-30(18-12-24)39(36,37)38-29-16-13-25(2)28(23-29)15-14-27-10-8-22-34(6)31(19-20-32(27)34)26(3)9-7-21-33(4,5)35/h11-12,14-15,17-18,26,29,31-32,35H,2,7-10,13,16,19-23H2,1,3-6H3/b27-14?,28-15-/t26-,29+,31-,32?,34-/m1/s1. The first-order valence-electron chi connectivity index (χ1n) is 15.1. The van der Waals surface area contributed by atoms with E-state index < -0.39 is 15.7 Å². The van der Waals surface area contributed by atoms with Gasteiger partial charge in [0.25, 0.3) is 10.1 Å². The van der Waals surface area contributed by atoms with Crippen molar-refractivity contribution >= 4 is 10.1 Å². The molecule has 0 saturated heterocycles. The monoisotopic (exact) mass is 554 g/mol. The van der Waals surface area contributed by atoms with Crippen molar-refractivity contribution in [2.45, 2.75) is 122 Å². The lowest BCUT2D eigenvalue weighted by molar-refractivity contribution is 0.0596. The predicted octanol–water partition coefficient (Wildman–Crippen LogP) is 8.46. The van der Waals surface area contributed by atoms with E-state index in [1.807, 2.05) is 20.8 Å². The molecule has 0 aromatic heterocycles. The van der Waals surface area contributed by atoms with Gasteiger partial charge in [-0.1, -0.05) is 74.3 Å². The number of aliphatic hydroxyl groups is 1. The van der Waals surface area contributed by atoms with E-state index in [9.17, 15) is 13.5 Å². The SMILES string of the molecule is C=C1CC[C@H](OS(=O)(=O)c2ccc(C)cc2)C/C1=C/C=C1CCC[C@@]2(C)C1CC[C@@H]2[C@H](C)CCCC(C)(C)O. The summed E-state index contributed by atoms with van der Waals surface area (Å²) in [6.07, 6.45) is 15.6. The number of allylic oxidation sites excluding steroid dienone is 4. The molecule has 4 nitrogen and oxygen atoms in total. The Hall–Kier alpha value is -1.69. The molecule has 3 fully saturated rings. The highest BCUT2D eigenvalue weighted by Gasteiger charge is 2.50. The van der Waals surface area contributed by atoms with Crippen molar-refractivity contribution in [3.05, 3.63) is 65.3 Å².